The van der Waals surface area contributed by atoms with Crippen molar-refractivity contribution < 1.29 is 0 Å². The fourth-order valence-electron chi connectivity index (χ4n) is 3.68. The SMILES string of the molecule is C=C/C(C)=C\C=C(/C)C(=C)c1cc2c(cc1C)C(C)(C)CCC2(C)C. The van der Waals surface area contributed by atoms with Crippen LogP contribution in [0.4, 0.5) is 0 Å². The summed E-state index contributed by atoms with van der Waals surface area (Å²) < 4.78 is 0. The number of aryl methyl sites for hydroxylation is 1. The van der Waals surface area contributed by atoms with Gasteiger partial charge in [0.15, 0.2) is 0 Å². The summed E-state index contributed by atoms with van der Waals surface area (Å²) in [4.78, 5) is 0. The largest absolute Gasteiger partial charge is 0.0988 e. The average Bonchev–Trinajstić information content (AvgIpc) is 2.55. The molecule has 0 aliphatic heterocycles. The number of hydrogen-bond donors (Lipinski definition) is 0. The standard InChI is InChI=1S/C25H34/c1-10-17(2)11-12-18(3)20(5)21-16-23-22(15-19(21)4)24(6,7)13-14-25(23,8)9/h10-12,15-16H,1,5,13-14H2,2-4,6-9H3/b17-11-,18-12+. The Balaban J connectivity index is 2.54. The van der Waals surface area contributed by atoms with Crippen molar-refractivity contribution in [1.29, 1.82) is 0 Å². The molecule has 1 aliphatic rings. The second-order valence-corrected chi connectivity index (χ2v) is 8.92. The molecule has 0 heteroatoms. The van der Waals surface area contributed by atoms with Crippen molar-refractivity contribution in [3.05, 3.63) is 76.9 Å². The molecule has 1 aromatic rings. The van der Waals surface area contributed by atoms with Gasteiger partial charge >= 0.3 is 0 Å². The van der Waals surface area contributed by atoms with E-state index in [9.17, 15) is 0 Å². The van der Waals surface area contributed by atoms with Crippen molar-refractivity contribution in [3.8, 4) is 0 Å². The molecule has 0 saturated carbocycles. The van der Waals surface area contributed by atoms with Crippen molar-refractivity contribution in [3.63, 3.8) is 0 Å². The van der Waals surface area contributed by atoms with Crippen molar-refractivity contribution in [2.45, 2.75) is 72.1 Å². The van der Waals surface area contributed by atoms with Gasteiger partial charge in [-0.05, 0) is 77.8 Å². The number of benzene rings is 1. The lowest BCUT2D eigenvalue weighted by atomic mass is 9.62. The molecule has 25 heavy (non-hydrogen) atoms. The minimum absolute atomic E-state index is 0.227. The molecule has 0 radical (unpaired) electrons. The van der Waals surface area contributed by atoms with E-state index in [1.165, 1.54) is 40.7 Å². The summed E-state index contributed by atoms with van der Waals surface area (Å²) in [5, 5.41) is 0. The lowest BCUT2D eigenvalue weighted by Gasteiger charge is -2.42. The minimum atomic E-state index is 0.227. The third-order valence-corrected chi connectivity index (χ3v) is 5.92. The van der Waals surface area contributed by atoms with Crippen LogP contribution >= 0.6 is 0 Å². The first kappa shape index (κ1) is 19.5. The van der Waals surface area contributed by atoms with Gasteiger partial charge in [0.1, 0.15) is 0 Å². The van der Waals surface area contributed by atoms with Gasteiger partial charge in [0.05, 0.1) is 0 Å². The Morgan fingerprint density at radius 2 is 1.48 bits per heavy atom. The number of hydrogen-bond acceptors (Lipinski definition) is 0. The predicted octanol–water partition coefficient (Wildman–Crippen LogP) is 7.44. The predicted molar refractivity (Wildman–Crippen MR) is 113 cm³/mol. The van der Waals surface area contributed by atoms with Gasteiger partial charge in [0.2, 0.25) is 0 Å². The molecule has 0 heterocycles. The maximum absolute atomic E-state index is 4.40. The van der Waals surface area contributed by atoms with Gasteiger partial charge in [-0.3, -0.25) is 0 Å². The Labute approximate surface area is 155 Å². The summed E-state index contributed by atoms with van der Waals surface area (Å²) in [6.45, 7) is 24.1. The number of allylic oxidation sites excluding steroid dienone is 6. The highest BCUT2D eigenvalue weighted by Gasteiger charge is 2.37. The number of fused-ring (bicyclic) bond motifs is 1. The normalized spacial score (nSPS) is 19.3. The van der Waals surface area contributed by atoms with E-state index in [-0.39, 0.29) is 10.8 Å². The molecule has 0 amide bonds. The zero-order valence-corrected chi connectivity index (χ0v) is 17.2. The van der Waals surface area contributed by atoms with E-state index in [4.69, 9.17) is 0 Å². The maximum Gasteiger partial charge on any atom is -0.0100 e. The van der Waals surface area contributed by atoms with Gasteiger partial charge in [-0.15, -0.1) is 0 Å². The van der Waals surface area contributed by atoms with Crippen molar-refractivity contribution >= 4 is 5.57 Å². The summed E-state index contributed by atoms with van der Waals surface area (Å²) in [7, 11) is 0. The average molecular weight is 335 g/mol. The van der Waals surface area contributed by atoms with Crippen LogP contribution in [0.3, 0.4) is 0 Å². The van der Waals surface area contributed by atoms with Crippen molar-refractivity contribution in [1.82, 2.24) is 0 Å². The third kappa shape index (κ3) is 3.89. The first-order chi connectivity index (χ1) is 11.5. The van der Waals surface area contributed by atoms with Crippen LogP contribution in [0.2, 0.25) is 0 Å². The minimum Gasteiger partial charge on any atom is -0.0988 e. The summed E-state index contributed by atoms with van der Waals surface area (Å²) in [5.41, 5.74) is 9.59. The summed E-state index contributed by atoms with van der Waals surface area (Å²) in [6, 6.07) is 4.82. The first-order valence-corrected chi connectivity index (χ1v) is 9.32. The van der Waals surface area contributed by atoms with Crippen LogP contribution in [0, 0.1) is 6.92 Å². The second kappa shape index (κ2) is 6.83. The van der Waals surface area contributed by atoms with E-state index < -0.39 is 0 Å². The fraction of sp³-hybridized carbons (Fsp3) is 0.440. The van der Waals surface area contributed by atoms with Gasteiger partial charge < -0.3 is 0 Å². The number of rotatable bonds is 4. The fourth-order valence-corrected chi connectivity index (χ4v) is 3.68. The van der Waals surface area contributed by atoms with Crippen LogP contribution in [-0.4, -0.2) is 0 Å². The smallest absolute Gasteiger partial charge is 0.0100 e. The van der Waals surface area contributed by atoms with E-state index in [0.717, 1.165) is 11.1 Å². The molecule has 134 valence electrons. The molecule has 0 unspecified atom stereocenters. The van der Waals surface area contributed by atoms with Crippen molar-refractivity contribution in [2.75, 3.05) is 0 Å². The zero-order chi connectivity index (χ0) is 19.0. The molecular weight excluding hydrogens is 300 g/mol. The molecule has 1 aliphatic carbocycles. The Morgan fingerprint density at radius 3 is 2.00 bits per heavy atom. The monoisotopic (exact) mass is 334 g/mol. The van der Waals surface area contributed by atoms with E-state index in [1.807, 2.05) is 6.08 Å². The molecule has 0 spiro atoms. The Hall–Kier alpha value is -1.82. The molecule has 0 atom stereocenters. The van der Waals surface area contributed by atoms with E-state index in [0.29, 0.717) is 0 Å². The van der Waals surface area contributed by atoms with Crippen LogP contribution in [-0.2, 0) is 10.8 Å². The lowest BCUT2D eigenvalue weighted by Crippen LogP contribution is -2.34. The van der Waals surface area contributed by atoms with Gasteiger partial charge in [-0.25, -0.2) is 0 Å². The molecule has 0 aromatic heterocycles. The Morgan fingerprint density at radius 1 is 0.960 bits per heavy atom. The summed E-state index contributed by atoms with van der Waals surface area (Å²) in [6.07, 6.45) is 8.61. The molecule has 1 aromatic carbocycles. The first-order valence-electron chi connectivity index (χ1n) is 9.32. The van der Waals surface area contributed by atoms with Gasteiger partial charge in [0.25, 0.3) is 0 Å². The topological polar surface area (TPSA) is 0 Å². The van der Waals surface area contributed by atoms with Crippen LogP contribution in [0.25, 0.3) is 5.57 Å². The third-order valence-electron chi connectivity index (χ3n) is 5.92. The van der Waals surface area contributed by atoms with Crippen LogP contribution in [0.1, 0.15) is 76.6 Å². The highest BCUT2D eigenvalue weighted by Crippen LogP contribution is 2.47. The van der Waals surface area contributed by atoms with Crippen LogP contribution in [0.15, 0.2) is 54.7 Å². The Kier molecular flexibility index (Phi) is 5.33. The molecule has 0 fully saturated rings. The zero-order valence-electron chi connectivity index (χ0n) is 17.2. The molecule has 0 saturated heterocycles. The molecule has 0 N–H and O–H groups in total. The van der Waals surface area contributed by atoms with Crippen LogP contribution < -0.4 is 0 Å². The van der Waals surface area contributed by atoms with E-state index in [2.05, 4.69) is 85.9 Å². The van der Waals surface area contributed by atoms with Crippen molar-refractivity contribution in [2.24, 2.45) is 0 Å². The summed E-state index contributed by atoms with van der Waals surface area (Å²) >= 11 is 0. The molecular formula is C25H34. The van der Waals surface area contributed by atoms with Gasteiger partial charge in [-0.1, -0.05) is 76.8 Å². The molecule has 2 rings (SSSR count). The Bertz CT molecular complexity index is 763. The highest BCUT2D eigenvalue weighted by molar-refractivity contribution is 5.79. The summed E-state index contributed by atoms with van der Waals surface area (Å²) in [5.74, 6) is 0. The molecule has 0 bridgehead atoms. The maximum atomic E-state index is 4.40. The molecule has 0 nitrogen and oxygen atoms in total. The van der Waals surface area contributed by atoms with Gasteiger partial charge in [-0.2, -0.15) is 0 Å². The van der Waals surface area contributed by atoms with Crippen LogP contribution in [0.5, 0.6) is 0 Å². The quantitative estimate of drug-likeness (QED) is 0.502. The second-order valence-electron chi connectivity index (χ2n) is 8.92. The lowest BCUT2D eigenvalue weighted by molar-refractivity contribution is 0.331. The van der Waals surface area contributed by atoms with Gasteiger partial charge in [0, 0.05) is 0 Å². The van der Waals surface area contributed by atoms with E-state index >= 15 is 0 Å². The highest BCUT2D eigenvalue weighted by atomic mass is 14.4. The van der Waals surface area contributed by atoms with E-state index in [1.54, 1.807) is 0 Å².